The first-order chi connectivity index (χ1) is 7.45. The Morgan fingerprint density at radius 1 is 1.13 bits per heavy atom. The van der Waals surface area contributed by atoms with Crippen molar-refractivity contribution in [1.82, 2.24) is 5.32 Å². The van der Waals surface area contributed by atoms with Gasteiger partial charge in [-0.15, -0.1) is 23.5 Å². The first-order valence-electron chi connectivity index (χ1n) is 5.39. The third kappa shape index (κ3) is 1.93. The van der Waals surface area contributed by atoms with E-state index >= 15 is 0 Å². The Morgan fingerprint density at radius 2 is 1.93 bits per heavy atom. The van der Waals surface area contributed by atoms with Gasteiger partial charge in [0.15, 0.2) is 0 Å². The van der Waals surface area contributed by atoms with Crippen LogP contribution in [0, 0.1) is 4.58 Å². The summed E-state index contributed by atoms with van der Waals surface area (Å²) in [6.45, 7) is 1.03. The molecule has 15 heavy (non-hydrogen) atoms. The van der Waals surface area contributed by atoms with Crippen LogP contribution in [0.3, 0.4) is 0 Å². The molecule has 1 N–H and O–H groups in total. The van der Waals surface area contributed by atoms with Crippen LogP contribution in [0.2, 0.25) is 0 Å². The Balaban J connectivity index is 1.83. The second-order valence-corrected chi connectivity index (χ2v) is 6.41. The van der Waals surface area contributed by atoms with Gasteiger partial charge in [-0.05, 0) is 29.1 Å². The largest absolute Gasteiger partial charge is 0.304 e. The van der Waals surface area contributed by atoms with E-state index in [1.807, 2.05) is 23.5 Å². The van der Waals surface area contributed by atoms with Crippen molar-refractivity contribution >= 4 is 23.5 Å². The molecule has 0 bridgehead atoms. The number of hydrogen-bond donors (Lipinski definition) is 1. The molecule has 0 aliphatic carbocycles. The number of hydrogen-bond acceptors (Lipinski definition) is 3. The maximum atomic E-state index is 3.61. The fourth-order valence-corrected chi connectivity index (χ4v) is 4.87. The van der Waals surface area contributed by atoms with Crippen LogP contribution in [0.5, 0.6) is 0 Å². The van der Waals surface area contributed by atoms with E-state index in [9.17, 15) is 0 Å². The van der Waals surface area contributed by atoms with Gasteiger partial charge in [0.05, 0.1) is 6.04 Å². The third-order valence-corrected chi connectivity index (χ3v) is 5.61. The summed E-state index contributed by atoms with van der Waals surface area (Å²) in [5, 5.41) is 3.61. The minimum absolute atomic E-state index is 0.497. The smallest absolute Gasteiger partial charge is 0.106 e. The lowest BCUT2D eigenvalue weighted by atomic mass is 10.1. The number of nitrogens with one attached hydrogen (secondary N) is 1. The molecule has 1 aromatic rings. The summed E-state index contributed by atoms with van der Waals surface area (Å²) in [6.07, 6.45) is 1.35. The van der Waals surface area contributed by atoms with Crippen molar-refractivity contribution in [3.8, 4) is 0 Å². The second-order valence-electron chi connectivity index (χ2n) is 3.88. The summed E-state index contributed by atoms with van der Waals surface area (Å²) >= 11 is 4.08. The van der Waals surface area contributed by atoms with Gasteiger partial charge in [-0.1, -0.05) is 24.3 Å². The first kappa shape index (κ1) is 10.1. The predicted octanol–water partition coefficient (Wildman–Crippen LogP) is 3.19. The molecule has 1 nitrogen and oxygen atoms in total. The van der Waals surface area contributed by atoms with E-state index in [4.69, 9.17) is 0 Å². The van der Waals surface area contributed by atoms with Crippen molar-refractivity contribution in [2.45, 2.75) is 19.0 Å². The van der Waals surface area contributed by atoms with Crippen LogP contribution in [0.15, 0.2) is 24.3 Å². The zero-order chi connectivity index (χ0) is 10.1. The lowest BCUT2D eigenvalue weighted by Crippen LogP contribution is -2.18. The summed E-state index contributed by atoms with van der Waals surface area (Å²) in [5.74, 6) is 2.59. The molecule has 3 heteroatoms. The van der Waals surface area contributed by atoms with Gasteiger partial charge in [-0.3, -0.25) is 0 Å². The van der Waals surface area contributed by atoms with Crippen LogP contribution in [-0.4, -0.2) is 11.5 Å². The molecule has 3 rings (SSSR count). The van der Waals surface area contributed by atoms with Crippen molar-refractivity contribution in [3.63, 3.8) is 0 Å². The molecule has 79 valence electrons. The van der Waals surface area contributed by atoms with Gasteiger partial charge in [-0.25, -0.2) is 0 Å². The van der Waals surface area contributed by atoms with Crippen LogP contribution >= 0.6 is 23.5 Å². The van der Waals surface area contributed by atoms with E-state index in [2.05, 4.69) is 29.6 Å². The molecule has 0 amide bonds. The molecule has 0 saturated carbocycles. The third-order valence-electron chi connectivity index (χ3n) is 2.88. The zero-order valence-corrected chi connectivity index (χ0v) is 10.2. The average Bonchev–Trinajstić information content (AvgIpc) is 2.74. The quantitative estimate of drug-likeness (QED) is 0.804. The number of thioether (sulfide) groups is 2. The Morgan fingerprint density at radius 3 is 2.80 bits per heavy atom. The first-order valence-corrected chi connectivity index (χ1v) is 7.36. The van der Waals surface area contributed by atoms with Crippen LogP contribution < -0.4 is 5.32 Å². The molecule has 1 fully saturated rings. The SMILES string of the molecule is c1ccc2c(c1)CNC2[C]1SCCCS1. The van der Waals surface area contributed by atoms with E-state index in [1.165, 1.54) is 29.1 Å². The maximum absolute atomic E-state index is 3.61. The predicted molar refractivity (Wildman–Crippen MR) is 68.8 cm³/mol. The van der Waals surface area contributed by atoms with Gasteiger partial charge in [0.2, 0.25) is 0 Å². The van der Waals surface area contributed by atoms with Gasteiger partial charge in [0, 0.05) is 6.54 Å². The second kappa shape index (κ2) is 4.40. The Labute approximate surface area is 99.4 Å². The summed E-state index contributed by atoms with van der Waals surface area (Å²) in [4.78, 5) is 0. The van der Waals surface area contributed by atoms with Crippen molar-refractivity contribution < 1.29 is 0 Å². The molecule has 0 spiro atoms. The lowest BCUT2D eigenvalue weighted by Gasteiger charge is -2.26. The number of rotatable bonds is 1. The molecule has 1 saturated heterocycles. The van der Waals surface area contributed by atoms with Crippen molar-refractivity contribution in [1.29, 1.82) is 0 Å². The standard InChI is InChI=1S/C12H14NS2/c1-2-5-10-9(4-1)8-13-11(10)12-14-6-3-7-15-12/h1-2,4-5,11,13H,3,6-8H2. The highest BCUT2D eigenvalue weighted by Gasteiger charge is 2.31. The van der Waals surface area contributed by atoms with Crippen LogP contribution in [0.25, 0.3) is 0 Å². The lowest BCUT2D eigenvalue weighted by molar-refractivity contribution is 0.664. The van der Waals surface area contributed by atoms with Crippen molar-refractivity contribution in [2.75, 3.05) is 11.5 Å². The maximum Gasteiger partial charge on any atom is 0.106 e. The molecule has 1 radical (unpaired) electrons. The van der Waals surface area contributed by atoms with E-state index in [-0.39, 0.29) is 0 Å². The molecular formula is C12H14NS2. The van der Waals surface area contributed by atoms with E-state index in [1.54, 1.807) is 4.58 Å². The molecule has 0 aromatic heterocycles. The highest BCUT2D eigenvalue weighted by molar-refractivity contribution is 8.21. The number of benzene rings is 1. The normalized spacial score (nSPS) is 26.5. The molecule has 2 aliphatic heterocycles. The minimum atomic E-state index is 0.497. The Hall–Kier alpha value is -0.120. The van der Waals surface area contributed by atoms with Crippen LogP contribution in [0.1, 0.15) is 23.6 Å². The van der Waals surface area contributed by atoms with Gasteiger partial charge in [0.25, 0.3) is 0 Å². The average molecular weight is 236 g/mol. The van der Waals surface area contributed by atoms with Gasteiger partial charge in [-0.2, -0.15) is 0 Å². The van der Waals surface area contributed by atoms with Crippen molar-refractivity contribution in [3.05, 3.63) is 40.0 Å². The minimum Gasteiger partial charge on any atom is -0.304 e. The molecule has 1 atom stereocenters. The molecule has 2 aliphatic rings. The van der Waals surface area contributed by atoms with Crippen LogP contribution in [0.4, 0.5) is 0 Å². The van der Waals surface area contributed by atoms with E-state index in [0.717, 1.165) is 6.54 Å². The summed E-state index contributed by atoms with van der Waals surface area (Å²) in [7, 11) is 0. The van der Waals surface area contributed by atoms with Gasteiger partial charge >= 0.3 is 0 Å². The monoisotopic (exact) mass is 236 g/mol. The summed E-state index contributed by atoms with van der Waals surface area (Å²) < 4.78 is 1.58. The van der Waals surface area contributed by atoms with Gasteiger partial charge < -0.3 is 5.32 Å². The highest BCUT2D eigenvalue weighted by Crippen LogP contribution is 2.48. The Kier molecular flexibility index (Phi) is 2.95. The topological polar surface area (TPSA) is 12.0 Å². The molecule has 1 unspecified atom stereocenters. The van der Waals surface area contributed by atoms with Crippen LogP contribution in [-0.2, 0) is 6.54 Å². The fraction of sp³-hybridized carbons (Fsp3) is 0.417. The van der Waals surface area contributed by atoms with Gasteiger partial charge in [0.1, 0.15) is 4.58 Å². The van der Waals surface area contributed by atoms with E-state index < -0.39 is 0 Å². The fourth-order valence-electron chi connectivity index (χ4n) is 2.12. The number of fused-ring (bicyclic) bond motifs is 1. The zero-order valence-electron chi connectivity index (χ0n) is 8.53. The Bertz CT molecular complexity index is 347. The summed E-state index contributed by atoms with van der Waals surface area (Å²) in [5.41, 5.74) is 2.97. The molecule has 1 aromatic carbocycles. The molecule has 2 heterocycles. The molecular weight excluding hydrogens is 222 g/mol. The highest BCUT2D eigenvalue weighted by atomic mass is 32.2. The van der Waals surface area contributed by atoms with Crippen molar-refractivity contribution in [2.24, 2.45) is 0 Å². The summed E-state index contributed by atoms with van der Waals surface area (Å²) in [6, 6.07) is 9.28. The van der Waals surface area contributed by atoms with E-state index in [0.29, 0.717) is 6.04 Å².